The molecular formula is C28H36F4O. The molecular weight excluding hydrogens is 428 g/mol. The van der Waals surface area contributed by atoms with Crippen molar-refractivity contribution in [2.75, 3.05) is 0 Å². The highest BCUT2D eigenvalue weighted by Crippen LogP contribution is 2.37. The lowest BCUT2D eigenvalue weighted by Gasteiger charge is -2.31. The zero-order valence-corrected chi connectivity index (χ0v) is 19.6. The normalized spacial score (nSPS) is 26.1. The second-order valence-corrected chi connectivity index (χ2v) is 9.86. The van der Waals surface area contributed by atoms with Crippen LogP contribution < -0.4 is 4.74 Å². The summed E-state index contributed by atoms with van der Waals surface area (Å²) in [6.07, 6.45) is 15.2. The minimum atomic E-state index is -4.91. The summed E-state index contributed by atoms with van der Waals surface area (Å²) >= 11 is 0. The van der Waals surface area contributed by atoms with Crippen molar-refractivity contribution in [3.63, 3.8) is 0 Å². The maximum atomic E-state index is 13.7. The lowest BCUT2D eigenvalue weighted by Crippen LogP contribution is -2.17. The van der Waals surface area contributed by atoms with E-state index in [0.717, 1.165) is 29.9 Å². The van der Waals surface area contributed by atoms with Crippen molar-refractivity contribution in [3.8, 4) is 17.6 Å². The molecule has 0 aromatic heterocycles. The summed E-state index contributed by atoms with van der Waals surface area (Å²) in [5.74, 6) is 7.05. The van der Waals surface area contributed by atoms with Gasteiger partial charge in [0.25, 0.3) is 0 Å². The van der Waals surface area contributed by atoms with Gasteiger partial charge in [-0.15, -0.1) is 13.2 Å². The Labute approximate surface area is 196 Å². The first kappa shape index (κ1) is 25.7. The molecule has 2 aliphatic carbocycles. The second-order valence-electron chi connectivity index (χ2n) is 9.86. The number of allylic oxidation sites excluding steroid dienone is 2. The molecule has 0 atom stereocenters. The quantitative estimate of drug-likeness (QED) is 0.289. The molecule has 0 spiro atoms. The summed E-state index contributed by atoms with van der Waals surface area (Å²) in [6, 6.07) is 3.24. The Hall–Kier alpha value is -1.96. The maximum Gasteiger partial charge on any atom is 0.573 e. The number of rotatable bonds is 7. The van der Waals surface area contributed by atoms with Crippen LogP contribution in [0.3, 0.4) is 0 Å². The van der Waals surface area contributed by atoms with Crippen LogP contribution >= 0.6 is 0 Å². The highest BCUT2D eigenvalue weighted by atomic mass is 19.4. The van der Waals surface area contributed by atoms with Gasteiger partial charge in [-0.1, -0.05) is 76.2 Å². The molecule has 1 aromatic carbocycles. The number of hydrogen-bond acceptors (Lipinski definition) is 1. The summed E-state index contributed by atoms with van der Waals surface area (Å²) in [4.78, 5) is 0. The molecule has 0 unspecified atom stereocenters. The minimum absolute atomic E-state index is 0.319. The first-order valence-corrected chi connectivity index (χ1v) is 12.6. The molecule has 33 heavy (non-hydrogen) atoms. The highest BCUT2D eigenvalue weighted by Gasteiger charge is 2.32. The van der Waals surface area contributed by atoms with Crippen LogP contribution in [0.5, 0.6) is 5.75 Å². The van der Waals surface area contributed by atoms with Crippen molar-refractivity contribution < 1.29 is 22.3 Å². The fourth-order valence-corrected chi connectivity index (χ4v) is 5.45. The van der Waals surface area contributed by atoms with Crippen molar-refractivity contribution in [1.29, 1.82) is 0 Å². The fraction of sp³-hybridized carbons (Fsp3) is 0.643. The van der Waals surface area contributed by atoms with E-state index >= 15 is 0 Å². The lowest BCUT2D eigenvalue weighted by molar-refractivity contribution is -0.275. The van der Waals surface area contributed by atoms with Crippen LogP contribution in [-0.2, 0) is 0 Å². The van der Waals surface area contributed by atoms with Gasteiger partial charge >= 0.3 is 6.36 Å². The molecule has 0 amide bonds. The van der Waals surface area contributed by atoms with E-state index in [9.17, 15) is 17.6 Å². The number of alkyl halides is 3. The van der Waals surface area contributed by atoms with Crippen LogP contribution in [0.2, 0.25) is 0 Å². The molecule has 3 rings (SSSR count). The van der Waals surface area contributed by atoms with Crippen LogP contribution in [0.15, 0.2) is 30.4 Å². The molecule has 2 saturated carbocycles. The number of hydrogen-bond donors (Lipinski definition) is 0. The molecule has 0 N–H and O–H groups in total. The third-order valence-corrected chi connectivity index (χ3v) is 7.36. The Morgan fingerprint density at radius 2 is 1.48 bits per heavy atom. The van der Waals surface area contributed by atoms with E-state index in [1.165, 1.54) is 83.1 Å². The van der Waals surface area contributed by atoms with E-state index in [2.05, 4.69) is 29.6 Å². The predicted octanol–water partition coefficient (Wildman–Crippen LogP) is 8.83. The van der Waals surface area contributed by atoms with Crippen molar-refractivity contribution in [2.24, 2.45) is 23.7 Å². The van der Waals surface area contributed by atoms with Gasteiger partial charge in [0.05, 0.1) is 0 Å². The van der Waals surface area contributed by atoms with E-state index in [0.29, 0.717) is 11.5 Å². The SMILES string of the molecule is CCC[C@H]1CC[C@H](CCC2CCC(/C=C/C#Cc3ccc(OC(F)(F)F)c(F)c3)CC2)CC1. The first-order valence-electron chi connectivity index (χ1n) is 12.6. The number of benzene rings is 1. The van der Waals surface area contributed by atoms with Crippen molar-refractivity contribution in [2.45, 2.75) is 90.3 Å². The van der Waals surface area contributed by atoms with Crippen molar-refractivity contribution >= 4 is 0 Å². The van der Waals surface area contributed by atoms with Gasteiger partial charge < -0.3 is 4.74 Å². The Bertz CT molecular complexity index is 817. The monoisotopic (exact) mass is 464 g/mol. The van der Waals surface area contributed by atoms with E-state index < -0.39 is 17.9 Å². The van der Waals surface area contributed by atoms with Gasteiger partial charge in [0.1, 0.15) is 0 Å². The maximum absolute atomic E-state index is 13.7. The molecule has 0 aliphatic heterocycles. The molecule has 5 heteroatoms. The third-order valence-electron chi connectivity index (χ3n) is 7.36. The number of halogens is 4. The summed E-state index contributed by atoms with van der Waals surface area (Å²) in [6.45, 7) is 2.30. The predicted molar refractivity (Wildman–Crippen MR) is 124 cm³/mol. The first-order chi connectivity index (χ1) is 15.8. The van der Waals surface area contributed by atoms with Crippen LogP contribution in [0, 0.1) is 41.3 Å². The van der Waals surface area contributed by atoms with Gasteiger partial charge in [0.2, 0.25) is 0 Å². The van der Waals surface area contributed by atoms with Crippen LogP contribution in [0.1, 0.15) is 89.5 Å². The van der Waals surface area contributed by atoms with E-state index in [1.807, 2.05) is 0 Å². The van der Waals surface area contributed by atoms with Gasteiger partial charge in [-0.2, -0.15) is 0 Å². The van der Waals surface area contributed by atoms with E-state index in [1.54, 1.807) is 6.08 Å². The Kier molecular flexibility index (Phi) is 9.71. The molecule has 2 fully saturated rings. The average Bonchev–Trinajstić information content (AvgIpc) is 2.78. The summed E-state index contributed by atoms with van der Waals surface area (Å²) in [5.41, 5.74) is 0.319. The molecule has 0 heterocycles. The molecule has 1 aromatic rings. The molecule has 2 aliphatic rings. The van der Waals surface area contributed by atoms with Gasteiger partial charge in [-0.05, 0) is 73.6 Å². The molecule has 0 radical (unpaired) electrons. The fourth-order valence-electron chi connectivity index (χ4n) is 5.45. The molecule has 182 valence electrons. The lowest BCUT2D eigenvalue weighted by atomic mass is 9.75. The molecule has 1 nitrogen and oxygen atoms in total. The smallest absolute Gasteiger partial charge is 0.403 e. The standard InChI is InChI=1S/C28H36F4O/c1-2-5-21-8-12-23(13-9-21)16-17-24-14-10-22(11-15-24)6-3-4-7-25-18-19-27(26(29)20-25)33-28(30,31)32/h3,6,18-24H,2,5,8-17H2,1H3/b6-3+/t21-,22?,23-,24?. The van der Waals surface area contributed by atoms with Crippen molar-refractivity contribution in [1.82, 2.24) is 0 Å². The highest BCUT2D eigenvalue weighted by molar-refractivity contribution is 5.41. The Morgan fingerprint density at radius 3 is 2.03 bits per heavy atom. The largest absolute Gasteiger partial charge is 0.573 e. The summed E-state index contributed by atoms with van der Waals surface area (Å²) in [7, 11) is 0. The summed E-state index contributed by atoms with van der Waals surface area (Å²) in [5, 5.41) is 0. The third kappa shape index (κ3) is 9.07. The average molecular weight is 465 g/mol. The van der Waals surface area contributed by atoms with Gasteiger partial charge in [0, 0.05) is 5.56 Å². The van der Waals surface area contributed by atoms with Crippen LogP contribution in [0.25, 0.3) is 0 Å². The van der Waals surface area contributed by atoms with Crippen molar-refractivity contribution in [3.05, 3.63) is 41.7 Å². The second kappa shape index (κ2) is 12.5. The minimum Gasteiger partial charge on any atom is -0.403 e. The Balaban J connectivity index is 1.36. The van der Waals surface area contributed by atoms with Gasteiger partial charge in [-0.3, -0.25) is 0 Å². The zero-order chi connectivity index (χ0) is 23.7. The Morgan fingerprint density at radius 1 is 0.909 bits per heavy atom. The molecule has 0 bridgehead atoms. The van der Waals surface area contributed by atoms with Gasteiger partial charge in [-0.25, -0.2) is 4.39 Å². The van der Waals surface area contributed by atoms with Crippen LogP contribution in [-0.4, -0.2) is 6.36 Å². The zero-order valence-electron chi connectivity index (χ0n) is 19.6. The summed E-state index contributed by atoms with van der Waals surface area (Å²) < 4.78 is 54.0. The van der Waals surface area contributed by atoms with E-state index in [-0.39, 0.29) is 0 Å². The van der Waals surface area contributed by atoms with E-state index in [4.69, 9.17) is 0 Å². The van der Waals surface area contributed by atoms with Gasteiger partial charge in [0.15, 0.2) is 11.6 Å². The van der Waals surface area contributed by atoms with Crippen LogP contribution in [0.4, 0.5) is 17.6 Å². The topological polar surface area (TPSA) is 9.23 Å². The molecule has 0 saturated heterocycles. The number of ether oxygens (including phenoxy) is 1.